The van der Waals surface area contributed by atoms with Crippen LogP contribution in [-0.2, 0) is 12.0 Å². The maximum absolute atomic E-state index is 14.0. The number of hydrogen-bond acceptors (Lipinski definition) is 3. The summed E-state index contributed by atoms with van der Waals surface area (Å²) in [7, 11) is 0. The highest BCUT2D eigenvalue weighted by Crippen LogP contribution is 2.43. The molecule has 1 aromatic heterocycles. The minimum atomic E-state index is -4.83. The molecule has 1 N–H and O–H groups in total. The second-order valence-electron chi connectivity index (χ2n) is 7.31. The fourth-order valence-corrected chi connectivity index (χ4v) is 4.44. The molecule has 0 amide bonds. The molecule has 0 aliphatic rings. The van der Waals surface area contributed by atoms with E-state index in [4.69, 9.17) is 0 Å². The second kappa shape index (κ2) is 8.40. The summed E-state index contributed by atoms with van der Waals surface area (Å²) < 4.78 is 43.7. The van der Waals surface area contributed by atoms with Crippen LogP contribution in [0.3, 0.4) is 0 Å². The molecule has 0 aliphatic carbocycles. The second-order valence-corrected chi connectivity index (χ2v) is 8.36. The van der Waals surface area contributed by atoms with Crippen LogP contribution in [0.25, 0.3) is 16.6 Å². The number of aromatic nitrogens is 2. The Labute approximate surface area is 182 Å². The predicted octanol–water partition coefficient (Wildman–Crippen LogP) is 6.13. The van der Waals surface area contributed by atoms with Gasteiger partial charge in [0.05, 0.1) is 17.4 Å². The van der Waals surface area contributed by atoms with Gasteiger partial charge in [0.25, 0.3) is 0 Å². The maximum Gasteiger partial charge on any atom is 0.422 e. The van der Waals surface area contributed by atoms with Crippen molar-refractivity contribution in [3.8, 4) is 5.69 Å². The highest BCUT2D eigenvalue weighted by molar-refractivity contribution is 7.99. The van der Waals surface area contributed by atoms with Gasteiger partial charge in [-0.3, -0.25) is 0 Å². The predicted molar refractivity (Wildman–Crippen MR) is 118 cm³/mol. The Morgan fingerprint density at radius 2 is 1.68 bits per heavy atom. The van der Waals surface area contributed by atoms with E-state index < -0.39 is 17.5 Å². The molecule has 4 aromatic rings. The summed E-state index contributed by atoms with van der Waals surface area (Å²) in [6.07, 6.45) is -2.46. The van der Waals surface area contributed by atoms with Gasteiger partial charge in [0.2, 0.25) is 0 Å². The molecule has 0 radical (unpaired) electrons. The maximum atomic E-state index is 14.0. The van der Waals surface area contributed by atoms with Crippen LogP contribution in [0.4, 0.5) is 13.2 Å². The van der Waals surface area contributed by atoms with Gasteiger partial charge in [-0.15, -0.1) is 11.8 Å². The van der Waals surface area contributed by atoms with Crippen molar-refractivity contribution in [2.75, 3.05) is 5.75 Å². The Hall–Kier alpha value is -2.77. The van der Waals surface area contributed by atoms with E-state index in [1.165, 1.54) is 18.3 Å². The average molecular weight is 443 g/mol. The lowest BCUT2D eigenvalue weighted by Crippen LogP contribution is -2.44. The molecule has 1 heterocycles. The largest absolute Gasteiger partial charge is 0.422 e. The van der Waals surface area contributed by atoms with Crippen LogP contribution in [-0.4, -0.2) is 26.8 Å². The van der Waals surface area contributed by atoms with Crippen LogP contribution in [0.1, 0.15) is 18.1 Å². The molecule has 0 saturated heterocycles. The standard InChI is InChI=1S/C24H21F3N2OS/c1-2-17-8-11-21(12-9-17)31-16-23(30,24(25,26)27)19-10-13-22-18(14-19)15-28-29(22)20-6-4-3-5-7-20/h3-15,30H,2,16H2,1H3. The lowest BCUT2D eigenvalue weighted by Gasteiger charge is -2.30. The van der Waals surface area contributed by atoms with Crippen molar-refractivity contribution in [2.45, 2.75) is 30.0 Å². The molecule has 4 rings (SSSR count). The van der Waals surface area contributed by atoms with Gasteiger partial charge >= 0.3 is 6.18 Å². The zero-order chi connectivity index (χ0) is 22.1. The number of alkyl halides is 3. The molecule has 0 spiro atoms. The number of rotatable bonds is 6. The Kier molecular flexibility index (Phi) is 5.81. The first-order chi connectivity index (χ1) is 14.8. The normalized spacial score (nSPS) is 14.0. The molecular weight excluding hydrogens is 421 g/mol. The minimum absolute atomic E-state index is 0.196. The summed E-state index contributed by atoms with van der Waals surface area (Å²) in [6.45, 7) is 2.01. The van der Waals surface area contributed by atoms with E-state index in [1.807, 2.05) is 49.4 Å². The van der Waals surface area contributed by atoms with Gasteiger partial charge in [-0.1, -0.05) is 43.3 Å². The Bertz CT molecular complexity index is 1170. The zero-order valence-electron chi connectivity index (χ0n) is 16.8. The van der Waals surface area contributed by atoms with E-state index in [-0.39, 0.29) is 5.56 Å². The van der Waals surface area contributed by atoms with Crippen molar-refractivity contribution in [2.24, 2.45) is 0 Å². The summed E-state index contributed by atoms with van der Waals surface area (Å²) in [6, 6.07) is 21.0. The first-order valence-corrected chi connectivity index (χ1v) is 10.8. The fraction of sp³-hybridized carbons (Fsp3) is 0.208. The summed E-state index contributed by atoms with van der Waals surface area (Å²) in [4.78, 5) is 0.679. The van der Waals surface area contributed by atoms with Crippen molar-refractivity contribution in [3.05, 3.63) is 90.1 Å². The molecule has 0 fully saturated rings. The monoisotopic (exact) mass is 442 g/mol. The highest BCUT2D eigenvalue weighted by Gasteiger charge is 2.55. The Balaban J connectivity index is 1.67. The molecule has 0 saturated carbocycles. The third-order valence-corrected chi connectivity index (χ3v) is 6.46. The number of para-hydroxylation sites is 1. The number of thioether (sulfide) groups is 1. The lowest BCUT2D eigenvalue weighted by atomic mass is 9.94. The van der Waals surface area contributed by atoms with Crippen molar-refractivity contribution >= 4 is 22.7 Å². The molecule has 3 aromatic carbocycles. The number of hydrogen-bond donors (Lipinski definition) is 1. The summed E-state index contributed by atoms with van der Waals surface area (Å²) in [5.74, 6) is -0.541. The summed E-state index contributed by atoms with van der Waals surface area (Å²) in [5, 5.41) is 15.6. The van der Waals surface area contributed by atoms with Gasteiger partial charge in [0.1, 0.15) is 0 Å². The highest BCUT2D eigenvalue weighted by atomic mass is 32.2. The van der Waals surface area contributed by atoms with Crippen LogP contribution < -0.4 is 0 Å². The smallest absolute Gasteiger partial charge is 0.376 e. The lowest BCUT2D eigenvalue weighted by molar-refractivity contribution is -0.256. The van der Waals surface area contributed by atoms with Crippen LogP contribution in [0, 0.1) is 0 Å². The van der Waals surface area contributed by atoms with Crippen LogP contribution in [0.5, 0.6) is 0 Å². The Morgan fingerprint density at radius 1 is 0.968 bits per heavy atom. The van der Waals surface area contributed by atoms with Crippen molar-refractivity contribution < 1.29 is 18.3 Å². The molecule has 7 heteroatoms. The van der Waals surface area contributed by atoms with E-state index in [9.17, 15) is 18.3 Å². The molecule has 31 heavy (non-hydrogen) atoms. The number of fused-ring (bicyclic) bond motifs is 1. The minimum Gasteiger partial charge on any atom is -0.376 e. The Morgan fingerprint density at radius 3 is 2.32 bits per heavy atom. The molecule has 160 valence electrons. The van der Waals surface area contributed by atoms with E-state index in [1.54, 1.807) is 22.9 Å². The molecule has 3 nitrogen and oxygen atoms in total. The van der Waals surface area contributed by atoms with Gasteiger partial charge in [-0.2, -0.15) is 18.3 Å². The molecular formula is C24H21F3N2OS. The van der Waals surface area contributed by atoms with Gasteiger partial charge in [0, 0.05) is 16.0 Å². The summed E-state index contributed by atoms with van der Waals surface area (Å²) >= 11 is 0.985. The molecule has 1 atom stereocenters. The first-order valence-electron chi connectivity index (χ1n) is 9.86. The van der Waals surface area contributed by atoms with Crippen molar-refractivity contribution in [1.29, 1.82) is 0 Å². The molecule has 0 aliphatic heterocycles. The van der Waals surface area contributed by atoms with E-state index in [0.717, 1.165) is 29.4 Å². The average Bonchev–Trinajstić information content (AvgIpc) is 3.21. The summed E-state index contributed by atoms with van der Waals surface area (Å²) in [5.41, 5.74) is -0.594. The number of benzene rings is 3. The number of aliphatic hydroxyl groups is 1. The van der Waals surface area contributed by atoms with E-state index >= 15 is 0 Å². The number of aryl methyl sites for hydroxylation is 1. The van der Waals surface area contributed by atoms with Crippen molar-refractivity contribution in [3.63, 3.8) is 0 Å². The van der Waals surface area contributed by atoms with Gasteiger partial charge in [-0.05, 0) is 53.9 Å². The first kappa shape index (κ1) is 21.5. The quantitative estimate of drug-likeness (QED) is 0.365. The fourth-order valence-electron chi connectivity index (χ4n) is 3.40. The van der Waals surface area contributed by atoms with Crippen molar-refractivity contribution in [1.82, 2.24) is 9.78 Å². The number of nitrogens with zero attached hydrogens (tertiary/aromatic N) is 2. The number of halogens is 3. The van der Waals surface area contributed by atoms with Gasteiger partial charge in [-0.25, -0.2) is 4.68 Å². The van der Waals surface area contributed by atoms with Gasteiger partial charge in [0.15, 0.2) is 5.60 Å². The third-order valence-electron chi connectivity index (χ3n) is 5.29. The van der Waals surface area contributed by atoms with Crippen LogP contribution in [0.15, 0.2) is 83.9 Å². The molecule has 1 unspecified atom stereocenters. The SMILES string of the molecule is CCc1ccc(SCC(O)(c2ccc3c(cnn3-c3ccccc3)c2)C(F)(F)F)cc1. The van der Waals surface area contributed by atoms with Crippen LogP contribution >= 0.6 is 11.8 Å². The van der Waals surface area contributed by atoms with E-state index in [0.29, 0.717) is 15.8 Å². The molecule has 0 bridgehead atoms. The third kappa shape index (κ3) is 4.20. The van der Waals surface area contributed by atoms with Gasteiger partial charge < -0.3 is 5.11 Å². The van der Waals surface area contributed by atoms with Crippen LogP contribution in [0.2, 0.25) is 0 Å². The topological polar surface area (TPSA) is 38.1 Å². The van der Waals surface area contributed by atoms with E-state index in [2.05, 4.69) is 5.10 Å². The zero-order valence-corrected chi connectivity index (χ0v) is 17.6.